The van der Waals surface area contributed by atoms with Crippen LogP contribution in [0.5, 0.6) is 11.5 Å². The van der Waals surface area contributed by atoms with Gasteiger partial charge in [-0.3, -0.25) is 0 Å². The van der Waals surface area contributed by atoms with Crippen molar-refractivity contribution in [2.75, 3.05) is 26.5 Å². The number of ether oxygens (including phenoxy) is 2. The van der Waals surface area contributed by atoms with E-state index in [0.29, 0.717) is 12.2 Å². The van der Waals surface area contributed by atoms with E-state index in [4.69, 9.17) is 4.74 Å². The van der Waals surface area contributed by atoms with Crippen LogP contribution in [0.2, 0.25) is 0 Å². The molecule has 0 aliphatic heterocycles. The van der Waals surface area contributed by atoms with Gasteiger partial charge in [0.25, 0.3) is 0 Å². The summed E-state index contributed by atoms with van der Waals surface area (Å²) in [6, 6.07) is 11.0. The summed E-state index contributed by atoms with van der Waals surface area (Å²) in [4.78, 5) is 0.179. The number of sulfonamides is 1. The fraction of sp³-hybridized carbons (Fsp3) is 0.294. The van der Waals surface area contributed by atoms with Gasteiger partial charge in [-0.05, 0) is 29.8 Å². The lowest BCUT2D eigenvalue weighted by atomic mass is 10.2. The molecule has 2 aromatic rings. The molecule has 0 spiro atoms. The van der Waals surface area contributed by atoms with Crippen LogP contribution in [0.25, 0.3) is 0 Å². The standard InChI is InChI=1S/C17H20F2N2O4S/c1-21(2)26(22,23)14-6-4-5-12(9-14)11-20-13-7-8-15(24-3)16(10-13)25-17(18)19/h4-10,17,20H,11H2,1-3H3. The Morgan fingerprint density at radius 1 is 1.12 bits per heavy atom. The molecule has 0 heterocycles. The smallest absolute Gasteiger partial charge is 0.387 e. The van der Waals surface area contributed by atoms with Crippen LogP contribution in [0.15, 0.2) is 47.4 Å². The molecule has 0 bridgehead atoms. The molecule has 0 atom stereocenters. The lowest BCUT2D eigenvalue weighted by Gasteiger charge is -2.14. The van der Waals surface area contributed by atoms with Crippen molar-refractivity contribution >= 4 is 15.7 Å². The van der Waals surface area contributed by atoms with Gasteiger partial charge in [0.05, 0.1) is 12.0 Å². The molecular weight excluding hydrogens is 366 g/mol. The van der Waals surface area contributed by atoms with E-state index in [1.54, 1.807) is 24.3 Å². The van der Waals surface area contributed by atoms with E-state index in [1.165, 1.54) is 39.4 Å². The third kappa shape index (κ3) is 4.83. The third-order valence-corrected chi connectivity index (χ3v) is 5.36. The summed E-state index contributed by atoms with van der Waals surface area (Å²) in [6.07, 6.45) is 0. The summed E-state index contributed by atoms with van der Waals surface area (Å²) < 4.78 is 59.9. The van der Waals surface area contributed by atoms with Gasteiger partial charge >= 0.3 is 6.61 Å². The quantitative estimate of drug-likeness (QED) is 0.755. The molecule has 6 nitrogen and oxygen atoms in total. The van der Waals surface area contributed by atoms with Crippen molar-refractivity contribution in [3.8, 4) is 11.5 Å². The first-order valence-corrected chi connectivity index (χ1v) is 9.06. The summed E-state index contributed by atoms with van der Waals surface area (Å²) in [7, 11) is 0.754. The molecule has 0 unspecified atom stereocenters. The van der Waals surface area contributed by atoms with Crippen molar-refractivity contribution in [2.45, 2.75) is 18.1 Å². The summed E-state index contributed by atoms with van der Waals surface area (Å²) in [5.41, 5.74) is 1.25. The van der Waals surface area contributed by atoms with E-state index in [2.05, 4.69) is 10.1 Å². The lowest BCUT2D eigenvalue weighted by molar-refractivity contribution is -0.0511. The minimum Gasteiger partial charge on any atom is -0.493 e. The third-order valence-electron chi connectivity index (χ3n) is 3.55. The fourth-order valence-corrected chi connectivity index (χ4v) is 3.18. The van der Waals surface area contributed by atoms with Gasteiger partial charge in [-0.15, -0.1) is 0 Å². The van der Waals surface area contributed by atoms with E-state index < -0.39 is 16.6 Å². The van der Waals surface area contributed by atoms with Gasteiger partial charge in [0.1, 0.15) is 0 Å². The Hall–Kier alpha value is -2.39. The maximum atomic E-state index is 12.5. The van der Waals surface area contributed by atoms with Crippen LogP contribution in [-0.4, -0.2) is 40.5 Å². The van der Waals surface area contributed by atoms with Gasteiger partial charge < -0.3 is 14.8 Å². The summed E-state index contributed by atoms with van der Waals surface area (Å²) in [5.74, 6) is 0.103. The van der Waals surface area contributed by atoms with E-state index in [-0.39, 0.29) is 16.4 Å². The minimum absolute atomic E-state index is 0.0866. The molecule has 26 heavy (non-hydrogen) atoms. The molecule has 0 amide bonds. The molecule has 0 radical (unpaired) electrons. The number of benzene rings is 2. The fourth-order valence-electron chi connectivity index (χ4n) is 2.21. The highest BCUT2D eigenvalue weighted by molar-refractivity contribution is 7.89. The normalized spacial score (nSPS) is 11.7. The van der Waals surface area contributed by atoms with Gasteiger partial charge in [-0.25, -0.2) is 12.7 Å². The highest BCUT2D eigenvalue weighted by Crippen LogP contribution is 2.31. The van der Waals surface area contributed by atoms with Crippen molar-refractivity contribution in [3.63, 3.8) is 0 Å². The largest absolute Gasteiger partial charge is 0.493 e. The van der Waals surface area contributed by atoms with Crippen molar-refractivity contribution in [1.82, 2.24) is 4.31 Å². The number of anilines is 1. The molecule has 0 fully saturated rings. The molecule has 0 aliphatic rings. The van der Waals surface area contributed by atoms with Gasteiger partial charge in [0, 0.05) is 32.4 Å². The molecule has 2 rings (SSSR count). The second-order valence-corrected chi connectivity index (χ2v) is 7.68. The zero-order valence-corrected chi connectivity index (χ0v) is 15.4. The second-order valence-electron chi connectivity index (χ2n) is 5.53. The Labute approximate surface area is 151 Å². The zero-order chi connectivity index (χ0) is 19.3. The minimum atomic E-state index is -3.53. The molecule has 0 saturated heterocycles. The van der Waals surface area contributed by atoms with Crippen molar-refractivity contribution in [2.24, 2.45) is 0 Å². The number of nitrogens with one attached hydrogen (secondary N) is 1. The van der Waals surface area contributed by atoms with Crippen LogP contribution in [-0.2, 0) is 16.6 Å². The van der Waals surface area contributed by atoms with E-state index in [9.17, 15) is 17.2 Å². The Kier molecular flexibility index (Phi) is 6.38. The van der Waals surface area contributed by atoms with Gasteiger partial charge in [-0.2, -0.15) is 8.78 Å². The van der Waals surface area contributed by atoms with Crippen LogP contribution >= 0.6 is 0 Å². The molecule has 1 N–H and O–H groups in total. The highest BCUT2D eigenvalue weighted by Gasteiger charge is 2.17. The van der Waals surface area contributed by atoms with Crippen LogP contribution in [0, 0.1) is 0 Å². The number of rotatable bonds is 8. The summed E-state index contributed by atoms with van der Waals surface area (Å²) in [5, 5.41) is 3.04. The molecule has 0 saturated carbocycles. The van der Waals surface area contributed by atoms with Crippen LogP contribution < -0.4 is 14.8 Å². The van der Waals surface area contributed by atoms with Crippen LogP contribution in [0.1, 0.15) is 5.56 Å². The zero-order valence-electron chi connectivity index (χ0n) is 14.6. The molecule has 142 valence electrons. The average Bonchev–Trinajstić information content (AvgIpc) is 2.59. The van der Waals surface area contributed by atoms with Crippen molar-refractivity contribution < 1.29 is 26.7 Å². The number of nitrogens with zero attached hydrogens (tertiary/aromatic N) is 1. The Morgan fingerprint density at radius 3 is 2.46 bits per heavy atom. The number of methoxy groups -OCH3 is 1. The lowest BCUT2D eigenvalue weighted by Crippen LogP contribution is -2.22. The SMILES string of the molecule is COc1ccc(NCc2cccc(S(=O)(=O)N(C)C)c2)cc1OC(F)F. The van der Waals surface area contributed by atoms with Crippen molar-refractivity contribution in [3.05, 3.63) is 48.0 Å². The predicted molar refractivity (Wildman–Crippen MR) is 94.3 cm³/mol. The Morgan fingerprint density at radius 2 is 1.85 bits per heavy atom. The first kappa shape index (κ1) is 19.9. The van der Waals surface area contributed by atoms with Crippen LogP contribution in [0.4, 0.5) is 14.5 Å². The Bertz CT molecular complexity index is 858. The highest BCUT2D eigenvalue weighted by atomic mass is 32.2. The Balaban J connectivity index is 2.17. The summed E-state index contributed by atoms with van der Waals surface area (Å²) in [6.45, 7) is -2.66. The van der Waals surface area contributed by atoms with Gasteiger partial charge in [-0.1, -0.05) is 12.1 Å². The average molecular weight is 386 g/mol. The molecule has 0 aliphatic carbocycles. The first-order chi connectivity index (χ1) is 12.2. The number of alkyl halides is 2. The monoisotopic (exact) mass is 386 g/mol. The topological polar surface area (TPSA) is 67.9 Å². The summed E-state index contributed by atoms with van der Waals surface area (Å²) >= 11 is 0. The maximum Gasteiger partial charge on any atom is 0.387 e. The number of hydrogen-bond acceptors (Lipinski definition) is 5. The first-order valence-electron chi connectivity index (χ1n) is 7.62. The maximum absolute atomic E-state index is 12.5. The molecular formula is C17H20F2N2O4S. The van der Waals surface area contributed by atoms with Crippen molar-refractivity contribution in [1.29, 1.82) is 0 Å². The molecule has 0 aromatic heterocycles. The predicted octanol–water partition coefficient (Wildman–Crippen LogP) is 3.16. The van der Waals surface area contributed by atoms with E-state index >= 15 is 0 Å². The van der Waals surface area contributed by atoms with Gasteiger partial charge in [0.15, 0.2) is 11.5 Å². The van der Waals surface area contributed by atoms with Crippen LogP contribution in [0.3, 0.4) is 0 Å². The van der Waals surface area contributed by atoms with E-state index in [1.807, 2.05) is 0 Å². The number of hydrogen-bond donors (Lipinski definition) is 1. The second kappa shape index (κ2) is 8.33. The number of halogens is 2. The molecule has 9 heteroatoms. The van der Waals surface area contributed by atoms with E-state index in [0.717, 1.165) is 9.87 Å². The molecule has 2 aromatic carbocycles. The van der Waals surface area contributed by atoms with Gasteiger partial charge in [0.2, 0.25) is 10.0 Å².